The SMILES string of the molecule is O=CC(=O)C1CCC(O)CN1N1Cc2ccccc2C1=O. The number of Topliss-reactive ketones (excluding diaryl/α,β-unsaturated/α-hetero) is 1. The minimum absolute atomic E-state index is 0.184. The monoisotopic (exact) mass is 288 g/mol. The van der Waals surface area contributed by atoms with E-state index in [1.54, 1.807) is 17.1 Å². The third kappa shape index (κ3) is 2.36. The van der Waals surface area contributed by atoms with E-state index >= 15 is 0 Å². The standard InChI is InChI=1S/C15H16N2O4/c18-9-14(20)13-6-5-11(19)8-16(13)17-7-10-3-1-2-4-12(10)15(17)21/h1-4,9,11,13,19H,5-8H2. The second kappa shape index (κ2) is 5.38. The summed E-state index contributed by atoms with van der Waals surface area (Å²) in [5.74, 6) is -0.742. The van der Waals surface area contributed by atoms with Gasteiger partial charge in [0.2, 0.25) is 5.78 Å². The Morgan fingerprint density at radius 2 is 2.05 bits per heavy atom. The molecular weight excluding hydrogens is 272 g/mol. The van der Waals surface area contributed by atoms with Crippen LogP contribution in [0, 0.1) is 0 Å². The summed E-state index contributed by atoms with van der Waals surface area (Å²) in [6.07, 6.45) is 0.523. The molecule has 0 spiro atoms. The summed E-state index contributed by atoms with van der Waals surface area (Å²) in [4.78, 5) is 35.1. The lowest BCUT2D eigenvalue weighted by Crippen LogP contribution is -2.57. The molecule has 0 aromatic heterocycles. The van der Waals surface area contributed by atoms with Crippen molar-refractivity contribution in [3.63, 3.8) is 0 Å². The van der Waals surface area contributed by atoms with Gasteiger partial charge in [-0.25, -0.2) is 5.01 Å². The lowest BCUT2D eigenvalue weighted by molar-refractivity contribution is -0.144. The molecule has 2 unspecified atom stereocenters. The summed E-state index contributed by atoms with van der Waals surface area (Å²) >= 11 is 0. The van der Waals surface area contributed by atoms with Gasteiger partial charge in [-0.2, -0.15) is 0 Å². The largest absolute Gasteiger partial charge is 0.392 e. The first-order valence-corrected chi connectivity index (χ1v) is 6.95. The number of hydrogen-bond acceptors (Lipinski definition) is 5. The molecule has 2 aliphatic heterocycles. The van der Waals surface area contributed by atoms with Gasteiger partial charge in [0.25, 0.3) is 5.91 Å². The normalized spacial score (nSPS) is 25.8. The van der Waals surface area contributed by atoms with E-state index in [0.29, 0.717) is 31.2 Å². The maximum Gasteiger partial charge on any atom is 0.268 e. The summed E-state index contributed by atoms with van der Waals surface area (Å²) < 4.78 is 0. The zero-order valence-corrected chi connectivity index (χ0v) is 11.4. The van der Waals surface area contributed by atoms with E-state index in [9.17, 15) is 19.5 Å². The van der Waals surface area contributed by atoms with E-state index in [0.717, 1.165) is 5.56 Å². The molecule has 6 nitrogen and oxygen atoms in total. The number of aldehydes is 1. The van der Waals surface area contributed by atoms with E-state index in [2.05, 4.69) is 0 Å². The third-order valence-electron chi connectivity index (χ3n) is 4.09. The number of ketones is 1. The third-order valence-corrected chi connectivity index (χ3v) is 4.09. The highest BCUT2D eigenvalue weighted by molar-refractivity contribution is 6.27. The van der Waals surface area contributed by atoms with Crippen LogP contribution >= 0.6 is 0 Å². The Morgan fingerprint density at radius 1 is 1.29 bits per heavy atom. The molecule has 110 valence electrons. The van der Waals surface area contributed by atoms with Crippen LogP contribution < -0.4 is 0 Å². The van der Waals surface area contributed by atoms with Crippen molar-refractivity contribution in [3.05, 3.63) is 35.4 Å². The zero-order chi connectivity index (χ0) is 15.0. The van der Waals surface area contributed by atoms with Crippen molar-refractivity contribution >= 4 is 18.0 Å². The van der Waals surface area contributed by atoms with Crippen LogP contribution in [0.15, 0.2) is 24.3 Å². The number of carbonyl (C=O) groups is 3. The van der Waals surface area contributed by atoms with Gasteiger partial charge in [-0.15, -0.1) is 0 Å². The maximum absolute atomic E-state index is 12.5. The van der Waals surface area contributed by atoms with Crippen LogP contribution in [0.2, 0.25) is 0 Å². The lowest BCUT2D eigenvalue weighted by Gasteiger charge is -2.41. The van der Waals surface area contributed by atoms with Crippen molar-refractivity contribution < 1.29 is 19.5 Å². The first kappa shape index (κ1) is 13.9. The molecule has 1 fully saturated rings. The van der Waals surface area contributed by atoms with Gasteiger partial charge in [-0.1, -0.05) is 18.2 Å². The molecule has 21 heavy (non-hydrogen) atoms. The number of aliphatic hydroxyl groups excluding tert-OH is 1. The molecule has 2 heterocycles. The molecule has 0 saturated carbocycles. The Hall–Kier alpha value is -2.05. The number of fused-ring (bicyclic) bond motifs is 1. The van der Waals surface area contributed by atoms with Gasteiger partial charge in [-0.05, 0) is 24.5 Å². The quantitative estimate of drug-likeness (QED) is 0.633. The highest BCUT2D eigenvalue weighted by Gasteiger charge is 2.40. The Balaban J connectivity index is 1.89. The molecule has 0 aliphatic carbocycles. The van der Waals surface area contributed by atoms with Crippen LogP contribution in [0.3, 0.4) is 0 Å². The number of hydrogen-bond donors (Lipinski definition) is 1. The molecule has 1 amide bonds. The summed E-state index contributed by atoms with van der Waals surface area (Å²) in [5.41, 5.74) is 1.50. The molecule has 6 heteroatoms. The topological polar surface area (TPSA) is 77.9 Å². The number of hydrazine groups is 1. The number of rotatable bonds is 3. The van der Waals surface area contributed by atoms with Crippen LogP contribution in [0.5, 0.6) is 0 Å². The Labute approximate surface area is 121 Å². The highest BCUT2D eigenvalue weighted by Crippen LogP contribution is 2.28. The predicted molar refractivity (Wildman–Crippen MR) is 73.1 cm³/mol. The number of nitrogens with zero attached hydrogens (tertiary/aromatic N) is 2. The van der Waals surface area contributed by atoms with Crippen molar-refractivity contribution in [2.75, 3.05) is 6.54 Å². The number of carbonyl (C=O) groups excluding carboxylic acids is 3. The molecule has 1 saturated heterocycles. The molecule has 2 atom stereocenters. The van der Waals surface area contributed by atoms with Crippen LogP contribution in [0.25, 0.3) is 0 Å². The molecule has 0 bridgehead atoms. The van der Waals surface area contributed by atoms with E-state index in [4.69, 9.17) is 0 Å². The van der Waals surface area contributed by atoms with Gasteiger partial charge >= 0.3 is 0 Å². The molecule has 3 rings (SSSR count). The van der Waals surface area contributed by atoms with Gasteiger partial charge < -0.3 is 5.11 Å². The van der Waals surface area contributed by atoms with E-state index < -0.39 is 17.9 Å². The Kier molecular flexibility index (Phi) is 3.57. The average molecular weight is 288 g/mol. The number of piperidine rings is 1. The van der Waals surface area contributed by atoms with Crippen molar-refractivity contribution in [2.24, 2.45) is 0 Å². The first-order chi connectivity index (χ1) is 10.1. The second-order valence-electron chi connectivity index (χ2n) is 5.41. The zero-order valence-electron chi connectivity index (χ0n) is 11.4. The van der Waals surface area contributed by atoms with Gasteiger partial charge in [0, 0.05) is 12.1 Å². The van der Waals surface area contributed by atoms with Crippen LogP contribution in [0.1, 0.15) is 28.8 Å². The van der Waals surface area contributed by atoms with Crippen molar-refractivity contribution in [1.29, 1.82) is 0 Å². The first-order valence-electron chi connectivity index (χ1n) is 6.95. The molecule has 1 aromatic carbocycles. The highest BCUT2D eigenvalue weighted by atomic mass is 16.3. The van der Waals surface area contributed by atoms with Crippen molar-refractivity contribution in [1.82, 2.24) is 10.0 Å². The minimum Gasteiger partial charge on any atom is -0.392 e. The van der Waals surface area contributed by atoms with Gasteiger partial charge in [0.05, 0.1) is 18.7 Å². The Bertz CT molecular complexity index is 601. The smallest absolute Gasteiger partial charge is 0.268 e. The van der Waals surface area contributed by atoms with Crippen molar-refractivity contribution in [3.8, 4) is 0 Å². The van der Waals surface area contributed by atoms with Gasteiger partial charge in [0.1, 0.15) is 0 Å². The fourth-order valence-electron chi connectivity index (χ4n) is 3.01. The summed E-state index contributed by atoms with van der Waals surface area (Å²) in [7, 11) is 0. The number of benzene rings is 1. The summed E-state index contributed by atoms with van der Waals surface area (Å²) in [6, 6.07) is 6.59. The maximum atomic E-state index is 12.5. The van der Waals surface area contributed by atoms with Crippen LogP contribution in [-0.4, -0.2) is 51.8 Å². The lowest BCUT2D eigenvalue weighted by atomic mass is 9.99. The molecule has 2 aliphatic rings. The summed E-state index contributed by atoms with van der Waals surface area (Å²) in [5, 5.41) is 12.9. The van der Waals surface area contributed by atoms with Gasteiger partial charge in [-0.3, -0.25) is 19.4 Å². The second-order valence-corrected chi connectivity index (χ2v) is 5.41. The fraction of sp³-hybridized carbons (Fsp3) is 0.400. The fourth-order valence-corrected chi connectivity index (χ4v) is 3.01. The molecule has 1 aromatic rings. The summed E-state index contributed by atoms with van der Waals surface area (Å²) in [6.45, 7) is 0.550. The van der Waals surface area contributed by atoms with Crippen molar-refractivity contribution in [2.45, 2.75) is 31.5 Å². The Morgan fingerprint density at radius 3 is 2.76 bits per heavy atom. The number of amides is 1. The predicted octanol–water partition coefficient (Wildman–Crippen LogP) is 0.151. The van der Waals surface area contributed by atoms with Gasteiger partial charge in [0.15, 0.2) is 6.29 Å². The molecule has 1 N–H and O–H groups in total. The molecular formula is C15H16N2O4. The van der Waals surface area contributed by atoms with E-state index in [1.165, 1.54) is 5.01 Å². The van der Waals surface area contributed by atoms with Crippen LogP contribution in [-0.2, 0) is 16.1 Å². The molecule has 0 radical (unpaired) electrons. The van der Waals surface area contributed by atoms with Crippen LogP contribution in [0.4, 0.5) is 0 Å². The number of aliphatic hydroxyl groups is 1. The minimum atomic E-state index is -0.663. The van der Waals surface area contributed by atoms with E-state index in [1.807, 2.05) is 12.1 Å². The van der Waals surface area contributed by atoms with E-state index in [-0.39, 0.29) is 12.5 Å². The average Bonchev–Trinajstić information content (AvgIpc) is 2.84. The number of β-amino-alcohol motifs (C(OH)–C–C–N with tert-alkyl or cyclic N) is 1.